The van der Waals surface area contributed by atoms with Crippen LogP contribution in [0.4, 0.5) is 9.23 Å². The summed E-state index contributed by atoms with van der Waals surface area (Å²) in [6.45, 7) is 1.74. The second kappa shape index (κ2) is 9.17. The fourth-order valence-electron chi connectivity index (χ4n) is 0. The highest BCUT2D eigenvalue weighted by atomic mass is 19.3. The van der Waals surface area contributed by atoms with Gasteiger partial charge in [0.05, 0.1) is 6.61 Å². The summed E-state index contributed by atoms with van der Waals surface area (Å²) < 4.78 is 10.2. The lowest BCUT2D eigenvalue weighted by Crippen LogP contribution is -1.66. The zero-order valence-electron chi connectivity index (χ0n) is 2.90. The molecule has 0 fully saturated rings. The lowest BCUT2D eigenvalue weighted by atomic mass is 10.9. The average molecular weight is 84.1 g/mol. The van der Waals surface area contributed by atoms with Crippen molar-refractivity contribution in [2.45, 2.75) is 6.92 Å². The van der Waals surface area contributed by atoms with Crippen molar-refractivity contribution in [2.24, 2.45) is 0 Å². The number of halogens is 2. The van der Waals surface area contributed by atoms with Gasteiger partial charge in [-0.3, -0.25) is 4.70 Å². The van der Waals surface area contributed by atoms with E-state index >= 15 is 0 Å². The highest BCUT2D eigenvalue weighted by Gasteiger charge is 1.57. The molecule has 0 aromatic heterocycles. The molecule has 1 nitrogen and oxygen atoms in total. The predicted octanol–water partition coefficient (Wildman–Crippen LogP) is 1.06. The lowest BCUT2D eigenvalue weighted by Gasteiger charge is -1.68. The Balaban J connectivity index is 0. The molecule has 0 aromatic carbocycles. The highest BCUT2D eigenvalue weighted by molar-refractivity contribution is 3.89. The summed E-state index contributed by atoms with van der Waals surface area (Å²) in [5, 5.41) is 0. The second-order valence-corrected chi connectivity index (χ2v) is 0.398. The van der Waals surface area contributed by atoms with Gasteiger partial charge in [-0.1, -0.05) is 0 Å². The average Bonchev–Trinajstić information content (AvgIpc) is 1.37. The molecule has 0 heterocycles. The summed E-state index contributed by atoms with van der Waals surface area (Å²) in [6, 6.07) is 0. The number of hydrogen-bond acceptors (Lipinski definition) is 1. The van der Waals surface area contributed by atoms with Crippen LogP contribution in [0.25, 0.3) is 0 Å². The summed E-state index contributed by atoms with van der Waals surface area (Å²) in [4.78, 5) is 3.04. The molecule has 3 heteroatoms. The van der Waals surface area contributed by atoms with E-state index < -0.39 is 0 Å². The molecule has 0 saturated heterocycles. The van der Waals surface area contributed by atoms with Gasteiger partial charge in [0.2, 0.25) is 0 Å². The van der Waals surface area contributed by atoms with Crippen LogP contribution in [0.1, 0.15) is 6.92 Å². The molecule has 0 amide bonds. The van der Waals surface area contributed by atoms with E-state index in [0.717, 1.165) is 0 Å². The van der Waals surface area contributed by atoms with Crippen molar-refractivity contribution >= 4 is 0 Å². The van der Waals surface area contributed by atoms with Gasteiger partial charge < -0.3 is 0 Å². The first-order valence-corrected chi connectivity index (χ1v) is 1.15. The molecule has 0 aliphatic rings. The zero-order chi connectivity index (χ0) is 3.41. The minimum Gasteiger partial charge on any atom is -0.269 e. The van der Waals surface area contributed by atoms with Gasteiger partial charge in [0, 0.05) is 0 Å². The molecule has 0 aliphatic heterocycles. The van der Waals surface area contributed by atoms with Gasteiger partial charge in [-0.15, -0.1) is 0 Å². The van der Waals surface area contributed by atoms with Gasteiger partial charge in [0.1, 0.15) is 0 Å². The van der Waals surface area contributed by atoms with Crippen LogP contribution < -0.4 is 0 Å². The standard InChI is InChI=1S/C2H5FO.FH/c1-2-4-3;/h2H2,1H3;1H. The van der Waals surface area contributed by atoms with Crippen LogP contribution in [0.15, 0.2) is 0 Å². The molecule has 0 radical (unpaired) electrons. The fraction of sp³-hybridized carbons (Fsp3) is 1.00. The Morgan fingerprint density at radius 3 is 2.00 bits per heavy atom. The van der Waals surface area contributed by atoms with E-state index in [1.54, 1.807) is 6.92 Å². The third-order valence-corrected chi connectivity index (χ3v) is 0.109. The Labute approximate surface area is 29.0 Å². The third-order valence-electron chi connectivity index (χ3n) is 0.109. The molecule has 0 atom stereocenters. The minimum absolute atomic E-state index is 0. The van der Waals surface area contributed by atoms with Crippen LogP contribution in [0, 0.1) is 0 Å². The van der Waals surface area contributed by atoms with E-state index in [-0.39, 0.29) is 11.3 Å². The normalized spacial score (nSPS) is 6.00. The molecule has 0 rings (SSSR count). The van der Waals surface area contributed by atoms with Gasteiger partial charge >= 0.3 is 0 Å². The maximum atomic E-state index is 10.2. The largest absolute Gasteiger partial charge is 0.269 e. The third kappa shape index (κ3) is 18.8. The highest BCUT2D eigenvalue weighted by Crippen LogP contribution is 1.63. The Morgan fingerprint density at radius 1 is 1.80 bits per heavy atom. The monoisotopic (exact) mass is 84.0 g/mol. The van der Waals surface area contributed by atoms with Gasteiger partial charge in [0.25, 0.3) is 0 Å². The second-order valence-electron chi connectivity index (χ2n) is 0.398. The maximum absolute atomic E-state index is 10.2. The van der Waals surface area contributed by atoms with Gasteiger partial charge in [0.15, 0.2) is 0 Å². The van der Waals surface area contributed by atoms with Crippen molar-refractivity contribution in [1.29, 1.82) is 0 Å². The molecule has 0 N–H and O–H groups in total. The van der Waals surface area contributed by atoms with Crippen molar-refractivity contribution in [3.8, 4) is 0 Å². The quantitative estimate of drug-likeness (QED) is 0.461. The smallest absolute Gasteiger partial charge is 0.0848 e. The Morgan fingerprint density at radius 2 is 2.00 bits per heavy atom. The van der Waals surface area contributed by atoms with Crippen molar-refractivity contribution in [2.75, 3.05) is 6.61 Å². The molecule has 0 saturated carbocycles. The van der Waals surface area contributed by atoms with Crippen LogP contribution in [0.3, 0.4) is 0 Å². The van der Waals surface area contributed by atoms with Gasteiger partial charge in [-0.05, 0) is 11.4 Å². The van der Waals surface area contributed by atoms with Gasteiger partial charge in [-0.25, -0.2) is 0 Å². The summed E-state index contributed by atoms with van der Waals surface area (Å²) in [7, 11) is 0. The molecule has 0 bridgehead atoms. The van der Waals surface area contributed by atoms with E-state index in [2.05, 4.69) is 4.94 Å². The lowest BCUT2D eigenvalue weighted by molar-refractivity contribution is -0.125. The predicted molar refractivity (Wildman–Crippen MR) is 15.2 cm³/mol. The van der Waals surface area contributed by atoms with Crippen molar-refractivity contribution in [1.82, 2.24) is 0 Å². The molecule has 0 aliphatic carbocycles. The molecular weight excluding hydrogens is 78.0 g/mol. The molecule has 0 unspecified atom stereocenters. The fourth-order valence-corrected chi connectivity index (χ4v) is 0. The Hall–Kier alpha value is -0.180. The van der Waals surface area contributed by atoms with E-state index in [0.29, 0.717) is 0 Å². The zero-order valence-corrected chi connectivity index (χ0v) is 2.90. The Bertz CT molecular complexity index is 9.61. The first-order chi connectivity index (χ1) is 1.91. The number of rotatable bonds is 1. The molecule has 5 heavy (non-hydrogen) atoms. The van der Waals surface area contributed by atoms with E-state index in [9.17, 15) is 4.53 Å². The molecule has 0 aromatic rings. The van der Waals surface area contributed by atoms with Crippen LogP contribution in [0.5, 0.6) is 0 Å². The van der Waals surface area contributed by atoms with E-state index in [1.807, 2.05) is 0 Å². The van der Waals surface area contributed by atoms with Crippen LogP contribution in [0.2, 0.25) is 0 Å². The first-order valence-electron chi connectivity index (χ1n) is 1.15. The Kier molecular flexibility index (Phi) is 16.2. The molecular formula is C2H6F2O. The minimum atomic E-state index is 0. The van der Waals surface area contributed by atoms with Crippen molar-refractivity contribution in [3.63, 3.8) is 0 Å². The topological polar surface area (TPSA) is 9.23 Å². The van der Waals surface area contributed by atoms with Crippen molar-refractivity contribution < 1.29 is 14.2 Å². The van der Waals surface area contributed by atoms with Crippen LogP contribution >= 0.6 is 0 Å². The molecule has 34 valence electrons. The summed E-state index contributed by atoms with van der Waals surface area (Å²) in [5.74, 6) is 0. The van der Waals surface area contributed by atoms with Crippen LogP contribution in [-0.4, -0.2) is 6.61 Å². The van der Waals surface area contributed by atoms with E-state index in [1.165, 1.54) is 0 Å². The van der Waals surface area contributed by atoms with Crippen molar-refractivity contribution in [3.05, 3.63) is 0 Å². The summed E-state index contributed by atoms with van der Waals surface area (Å²) >= 11 is 0. The first kappa shape index (κ1) is 8.84. The van der Waals surface area contributed by atoms with E-state index in [4.69, 9.17) is 0 Å². The van der Waals surface area contributed by atoms with Crippen LogP contribution in [-0.2, 0) is 4.94 Å². The van der Waals surface area contributed by atoms with Gasteiger partial charge in [-0.2, -0.15) is 4.94 Å². The summed E-state index contributed by atoms with van der Waals surface area (Å²) in [6.07, 6.45) is 0. The summed E-state index contributed by atoms with van der Waals surface area (Å²) in [5.41, 5.74) is 0. The maximum Gasteiger partial charge on any atom is 0.0848 e. The number of hydrogen-bond donors (Lipinski definition) is 0. The SMILES string of the molecule is CCOF.F. The molecule has 0 spiro atoms.